The summed E-state index contributed by atoms with van der Waals surface area (Å²) in [6.07, 6.45) is 0. The summed E-state index contributed by atoms with van der Waals surface area (Å²) in [6, 6.07) is 57.3. The first kappa shape index (κ1) is 25.1. The van der Waals surface area contributed by atoms with Crippen LogP contribution in [0.2, 0.25) is 0 Å². The number of hydrogen-bond acceptors (Lipinski definition) is 1. The van der Waals surface area contributed by atoms with E-state index in [0.29, 0.717) is 0 Å². The summed E-state index contributed by atoms with van der Waals surface area (Å²) < 4.78 is 2.63. The van der Waals surface area contributed by atoms with Crippen LogP contribution in [-0.4, -0.2) is 4.98 Å². The van der Waals surface area contributed by atoms with Crippen LogP contribution >= 0.6 is 11.3 Å². The molecule has 0 amide bonds. The molecule has 2 heterocycles. The number of rotatable bonds is 4. The zero-order valence-corrected chi connectivity index (χ0v) is 24.7. The summed E-state index contributed by atoms with van der Waals surface area (Å²) >= 11 is 1.87. The fourth-order valence-corrected chi connectivity index (χ4v) is 8.08. The smallest absolute Gasteiger partial charge is 0.0551 e. The maximum atomic E-state index is 3.86. The Labute approximate surface area is 259 Å². The standard InChI is InChI=1S/C42H27NS/c1-2-13-27(14-3-1)28-15-4-5-16-29(28)30-17-6-7-18-31(30)33-25-26-34-32-19-8-10-22-37(32)43-42(34)41(33)36-21-12-24-39-40(36)35-20-9-11-23-38(35)44-39/h1-26,43H. The van der Waals surface area contributed by atoms with Crippen molar-refractivity contribution in [2.24, 2.45) is 0 Å². The Morgan fingerprint density at radius 2 is 0.955 bits per heavy atom. The largest absolute Gasteiger partial charge is 0.354 e. The molecule has 1 N–H and O–H groups in total. The molecule has 0 aliphatic heterocycles. The number of para-hydroxylation sites is 1. The highest BCUT2D eigenvalue weighted by Crippen LogP contribution is 2.48. The van der Waals surface area contributed by atoms with Crippen LogP contribution in [0.3, 0.4) is 0 Å². The molecule has 9 rings (SSSR count). The average Bonchev–Trinajstić information content (AvgIpc) is 3.67. The summed E-state index contributed by atoms with van der Waals surface area (Å²) in [5.74, 6) is 0. The summed E-state index contributed by atoms with van der Waals surface area (Å²) in [6.45, 7) is 0. The highest BCUT2D eigenvalue weighted by Gasteiger charge is 2.21. The predicted molar refractivity (Wildman–Crippen MR) is 190 cm³/mol. The van der Waals surface area contributed by atoms with Gasteiger partial charge in [-0.3, -0.25) is 0 Å². The van der Waals surface area contributed by atoms with Crippen LogP contribution in [0, 0.1) is 0 Å². The molecule has 2 heteroatoms. The van der Waals surface area contributed by atoms with Crippen molar-refractivity contribution in [1.29, 1.82) is 0 Å². The second kappa shape index (κ2) is 10.1. The number of H-pyrrole nitrogens is 1. The third-order valence-corrected chi connectivity index (χ3v) is 10.0. The zero-order valence-electron chi connectivity index (χ0n) is 23.9. The Balaban J connectivity index is 1.40. The van der Waals surface area contributed by atoms with Crippen LogP contribution in [0.25, 0.3) is 86.5 Å². The number of nitrogens with one attached hydrogen (secondary N) is 1. The molecule has 0 aliphatic carbocycles. The van der Waals surface area contributed by atoms with E-state index < -0.39 is 0 Å². The molecule has 0 aliphatic rings. The van der Waals surface area contributed by atoms with Crippen molar-refractivity contribution in [2.45, 2.75) is 0 Å². The molecule has 0 saturated carbocycles. The number of hydrogen-bond donors (Lipinski definition) is 1. The minimum Gasteiger partial charge on any atom is -0.354 e. The minimum absolute atomic E-state index is 1.16. The van der Waals surface area contributed by atoms with Crippen molar-refractivity contribution in [3.05, 3.63) is 158 Å². The van der Waals surface area contributed by atoms with E-state index in [0.717, 1.165) is 5.52 Å². The van der Waals surface area contributed by atoms with E-state index in [1.165, 1.54) is 81.0 Å². The lowest BCUT2D eigenvalue weighted by atomic mass is 9.85. The molecular weight excluding hydrogens is 551 g/mol. The van der Waals surface area contributed by atoms with Gasteiger partial charge in [-0.15, -0.1) is 11.3 Å². The molecule has 0 atom stereocenters. The molecule has 2 aromatic heterocycles. The predicted octanol–water partition coefficient (Wildman–Crippen LogP) is 12.4. The molecule has 206 valence electrons. The molecule has 9 aromatic rings. The van der Waals surface area contributed by atoms with Gasteiger partial charge in [0.25, 0.3) is 0 Å². The monoisotopic (exact) mass is 577 g/mol. The number of fused-ring (bicyclic) bond motifs is 6. The maximum absolute atomic E-state index is 3.86. The van der Waals surface area contributed by atoms with E-state index in [1.807, 2.05) is 11.3 Å². The van der Waals surface area contributed by atoms with Crippen LogP contribution < -0.4 is 0 Å². The Morgan fingerprint density at radius 1 is 0.364 bits per heavy atom. The van der Waals surface area contributed by atoms with Crippen molar-refractivity contribution >= 4 is 53.3 Å². The van der Waals surface area contributed by atoms with Crippen LogP contribution in [0.4, 0.5) is 0 Å². The Kier molecular flexibility index (Phi) is 5.75. The molecule has 7 aromatic carbocycles. The van der Waals surface area contributed by atoms with Crippen molar-refractivity contribution in [2.75, 3.05) is 0 Å². The van der Waals surface area contributed by atoms with Crippen molar-refractivity contribution in [1.82, 2.24) is 4.98 Å². The van der Waals surface area contributed by atoms with E-state index in [4.69, 9.17) is 0 Å². The summed E-state index contributed by atoms with van der Waals surface area (Å²) in [5.41, 5.74) is 12.2. The molecule has 0 unspecified atom stereocenters. The fourth-order valence-electron chi connectivity index (χ4n) is 6.95. The lowest BCUT2D eigenvalue weighted by Crippen LogP contribution is -1.93. The molecule has 0 spiro atoms. The zero-order chi connectivity index (χ0) is 29.0. The quantitative estimate of drug-likeness (QED) is 0.214. The van der Waals surface area contributed by atoms with Gasteiger partial charge in [0.2, 0.25) is 0 Å². The van der Waals surface area contributed by atoms with Crippen LogP contribution in [-0.2, 0) is 0 Å². The number of benzene rings is 7. The maximum Gasteiger partial charge on any atom is 0.0551 e. The van der Waals surface area contributed by atoms with Crippen LogP contribution in [0.5, 0.6) is 0 Å². The first-order valence-electron chi connectivity index (χ1n) is 15.0. The van der Waals surface area contributed by atoms with Gasteiger partial charge < -0.3 is 4.98 Å². The summed E-state index contributed by atoms with van der Waals surface area (Å²) in [5, 5.41) is 5.13. The van der Waals surface area contributed by atoms with Gasteiger partial charge in [-0.05, 0) is 57.1 Å². The Bertz CT molecular complexity index is 2500. The highest BCUT2D eigenvalue weighted by molar-refractivity contribution is 7.25. The molecule has 0 fully saturated rings. The van der Waals surface area contributed by atoms with Gasteiger partial charge in [0, 0.05) is 42.0 Å². The number of thiophene rings is 1. The van der Waals surface area contributed by atoms with Crippen molar-refractivity contribution in [3.8, 4) is 44.5 Å². The van der Waals surface area contributed by atoms with E-state index in [2.05, 4.69) is 163 Å². The first-order valence-corrected chi connectivity index (χ1v) is 15.8. The lowest BCUT2D eigenvalue weighted by molar-refractivity contribution is 1.53. The normalized spacial score (nSPS) is 11.6. The topological polar surface area (TPSA) is 15.8 Å². The Hall–Kier alpha value is -5.44. The van der Waals surface area contributed by atoms with E-state index >= 15 is 0 Å². The molecule has 0 radical (unpaired) electrons. The van der Waals surface area contributed by atoms with Gasteiger partial charge in [-0.25, -0.2) is 0 Å². The minimum atomic E-state index is 1.16. The van der Waals surface area contributed by atoms with E-state index in [-0.39, 0.29) is 0 Å². The first-order chi connectivity index (χ1) is 21.8. The summed E-state index contributed by atoms with van der Waals surface area (Å²) in [7, 11) is 0. The number of aromatic amines is 1. The highest BCUT2D eigenvalue weighted by atomic mass is 32.1. The Morgan fingerprint density at radius 3 is 1.77 bits per heavy atom. The second-order valence-electron chi connectivity index (χ2n) is 11.3. The molecule has 0 bridgehead atoms. The fraction of sp³-hybridized carbons (Fsp3) is 0. The van der Waals surface area contributed by atoms with Gasteiger partial charge in [-0.2, -0.15) is 0 Å². The van der Waals surface area contributed by atoms with E-state index in [1.54, 1.807) is 0 Å². The van der Waals surface area contributed by atoms with Gasteiger partial charge in [0.05, 0.1) is 5.52 Å². The van der Waals surface area contributed by atoms with Gasteiger partial charge in [0.1, 0.15) is 0 Å². The molecule has 44 heavy (non-hydrogen) atoms. The molecule has 0 saturated heterocycles. The van der Waals surface area contributed by atoms with Crippen LogP contribution in [0.15, 0.2) is 158 Å². The third-order valence-electron chi connectivity index (χ3n) is 8.87. The van der Waals surface area contributed by atoms with Crippen molar-refractivity contribution in [3.63, 3.8) is 0 Å². The number of aromatic nitrogens is 1. The molecule has 1 nitrogen and oxygen atoms in total. The lowest BCUT2D eigenvalue weighted by Gasteiger charge is -2.18. The molecular formula is C42H27NS. The van der Waals surface area contributed by atoms with Gasteiger partial charge in [0.15, 0.2) is 0 Å². The van der Waals surface area contributed by atoms with E-state index in [9.17, 15) is 0 Å². The van der Waals surface area contributed by atoms with Gasteiger partial charge >= 0.3 is 0 Å². The second-order valence-corrected chi connectivity index (χ2v) is 12.4. The van der Waals surface area contributed by atoms with Crippen LogP contribution in [0.1, 0.15) is 0 Å². The van der Waals surface area contributed by atoms with Crippen molar-refractivity contribution < 1.29 is 0 Å². The average molecular weight is 578 g/mol. The third kappa shape index (κ3) is 3.85. The summed E-state index contributed by atoms with van der Waals surface area (Å²) in [4.78, 5) is 3.86. The van der Waals surface area contributed by atoms with Gasteiger partial charge in [-0.1, -0.05) is 140 Å². The SMILES string of the molecule is c1ccc(-c2ccccc2-c2ccccc2-c2ccc3c([nH]c4ccccc43)c2-c2cccc3sc4ccccc4c23)cc1.